The highest BCUT2D eigenvalue weighted by atomic mass is 35.5. The van der Waals surface area contributed by atoms with Crippen LogP contribution in [0.1, 0.15) is 15.9 Å². The number of rotatable bonds is 9. The van der Waals surface area contributed by atoms with Crippen LogP contribution in [0.5, 0.6) is 5.88 Å². The molecule has 0 aliphatic heterocycles. The first-order valence-electron chi connectivity index (χ1n) is 11.2. The molecule has 3 aromatic heterocycles. The van der Waals surface area contributed by atoms with Gasteiger partial charge in [0.05, 0.1) is 45.8 Å². The number of pyridine rings is 2. The summed E-state index contributed by atoms with van der Waals surface area (Å²) in [4.78, 5) is 24.5. The zero-order chi connectivity index (χ0) is 29.0. The Morgan fingerprint density at radius 1 is 1.15 bits per heavy atom. The van der Waals surface area contributed by atoms with Crippen LogP contribution in [0.25, 0.3) is 16.9 Å². The highest BCUT2D eigenvalue weighted by molar-refractivity contribution is 7.84. The summed E-state index contributed by atoms with van der Waals surface area (Å²) in [5.74, 6) is -2.32. The smallest absolute Gasteiger partial charge is 0.416 e. The van der Waals surface area contributed by atoms with Gasteiger partial charge in [-0.05, 0) is 41.4 Å². The van der Waals surface area contributed by atoms with Crippen molar-refractivity contribution in [3.8, 4) is 22.8 Å². The lowest BCUT2D eigenvalue weighted by atomic mass is 10.1. The van der Waals surface area contributed by atoms with Crippen molar-refractivity contribution in [2.45, 2.75) is 6.18 Å². The predicted molar refractivity (Wildman–Crippen MR) is 135 cm³/mol. The number of ether oxygens (including phenoxy) is 1. The Kier molecular flexibility index (Phi) is 8.59. The molecule has 9 nitrogen and oxygen atoms in total. The van der Waals surface area contributed by atoms with Crippen molar-refractivity contribution in [3.05, 3.63) is 83.2 Å². The van der Waals surface area contributed by atoms with Crippen molar-refractivity contribution < 1.29 is 41.0 Å². The molecule has 1 N–H and O–H groups in total. The Labute approximate surface area is 231 Å². The topological polar surface area (TPSA) is 121 Å². The number of nitrogens with one attached hydrogen (secondary N) is 1. The molecule has 0 fully saturated rings. The minimum atomic E-state index is -4.57. The number of aromatic carboxylic acids is 1. The van der Waals surface area contributed by atoms with Gasteiger partial charge in [-0.15, -0.1) is 0 Å². The third kappa shape index (κ3) is 6.87. The third-order valence-electron chi connectivity index (χ3n) is 5.34. The summed E-state index contributed by atoms with van der Waals surface area (Å²) in [6, 6.07) is 6.68. The van der Waals surface area contributed by atoms with E-state index in [-0.39, 0.29) is 46.2 Å². The van der Waals surface area contributed by atoms with E-state index in [1.807, 2.05) is 0 Å². The van der Waals surface area contributed by atoms with Gasteiger partial charge >= 0.3 is 17.9 Å². The van der Waals surface area contributed by atoms with Gasteiger partial charge < -0.3 is 20.0 Å². The highest BCUT2D eigenvalue weighted by Gasteiger charge is 2.31. The van der Waals surface area contributed by atoms with Crippen LogP contribution in [0, 0.1) is 5.82 Å². The lowest BCUT2D eigenvalue weighted by Gasteiger charge is -2.13. The van der Waals surface area contributed by atoms with Crippen LogP contribution >= 0.6 is 11.6 Å². The number of hydrogen-bond acceptors (Lipinski definition) is 8. The molecule has 0 aliphatic carbocycles. The molecule has 3 heterocycles. The number of anilines is 2. The van der Waals surface area contributed by atoms with Crippen LogP contribution in [-0.2, 0) is 17.0 Å². The molecule has 0 spiro atoms. The molecular formula is C25H18ClF4N5O4S. The van der Waals surface area contributed by atoms with Crippen LogP contribution in [0.4, 0.5) is 29.2 Å². The lowest BCUT2D eigenvalue weighted by Crippen LogP contribution is -2.33. The Bertz CT molecular complexity index is 1590. The molecule has 0 radical (unpaired) electrons. The molecule has 4 aromatic rings. The van der Waals surface area contributed by atoms with Gasteiger partial charge in [0, 0.05) is 40.7 Å². The van der Waals surface area contributed by atoms with E-state index >= 15 is 0 Å². The molecule has 1 atom stereocenters. The molecule has 0 aliphatic rings. The van der Waals surface area contributed by atoms with Crippen LogP contribution in [0.3, 0.4) is 0 Å². The van der Waals surface area contributed by atoms with Crippen molar-refractivity contribution in [1.29, 1.82) is 0 Å². The molecule has 0 saturated heterocycles. The van der Waals surface area contributed by atoms with Crippen LogP contribution in [0.2, 0.25) is 5.02 Å². The van der Waals surface area contributed by atoms with Crippen molar-refractivity contribution in [2.75, 3.05) is 23.9 Å². The van der Waals surface area contributed by atoms with Gasteiger partial charge in [-0.3, -0.25) is 4.21 Å². The maximum atomic E-state index is 13.6. The quantitative estimate of drug-likeness (QED) is 0.231. The van der Waals surface area contributed by atoms with Crippen molar-refractivity contribution in [3.63, 3.8) is 0 Å². The number of carbonyl (C=O) groups is 1. The van der Waals surface area contributed by atoms with E-state index in [0.29, 0.717) is 5.69 Å². The number of halogens is 5. The fourth-order valence-corrected chi connectivity index (χ4v) is 3.91. The largest absolute Gasteiger partial charge is 0.545 e. The Morgan fingerprint density at radius 3 is 2.50 bits per heavy atom. The summed E-state index contributed by atoms with van der Waals surface area (Å²) in [6.07, 6.45) is 1.71. The van der Waals surface area contributed by atoms with Gasteiger partial charge in [-0.25, -0.2) is 13.9 Å². The molecule has 0 saturated carbocycles. The number of hydrogen-bond donors (Lipinski definition) is 1. The summed E-state index contributed by atoms with van der Waals surface area (Å²) >= 11 is 5.83. The van der Waals surface area contributed by atoms with Crippen molar-refractivity contribution in [1.82, 2.24) is 15.0 Å². The van der Waals surface area contributed by atoms with Crippen molar-refractivity contribution >= 4 is 40.0 Å². The average molecular weight is 596 g/mol. The lowest BCUT2D eigenvalue weighted by molar-refractivity contribution is -0.599. The minimum Gasteiger partial charge on any atom is -0.545 e. The maximum Gasteiger partial charge on any atom is 0.416 e. The first-order valence-corrected chi connectivity index (χ1v) is 13.4. The van der Waals surface area contributed by atoms with E-state index in [2.05, 4.69) is 20.3 Å². The summed E-state index contributed by atoms with van der Waals surface area (Å²) in [5.41, 5.74) is -0.592. The number of aromatic nitrogens is 4. The number of alkyl halides is 3. The van der Waals surface area contributed by atoms with Gasteiger partial charge in [-0.1, -0.05) is 11.6 Å². The molecule has 0 amide bonds. The summed E-state index contributed by atoms with van der Waals surface area (Å²) in [5, 5.41) is 14.5. The maximum absolute atomic E-state index is 13.6. The van der Waals surface area contributed by atoms with Gasteiger partial charge in [0.15, 0.2) is 0 Å². The molecule has 208 valence electrons. The number of nitrogens with zero attached hydrogens (tertiary/aromatic N) is 4. The first kappa shape index (κ1) is 28.8. The van der Waals surface area contributed by atoms with Gasteiger partial charge in [0.25, 0.3) is 0 Å². The fourth-order valence-electron chi connectivity index (χ4n) is 3.41. The zero-order valence-electron chi connectivity index (χ0n) is 20.4. The first-order chi connectivity index (χ1) is 18.9. The van der Waals surface area contributed by atoms with E-state index in [4.69, 9.17) is 16.3 Å². The Hall–Kier alpha value is -4.17. The number of benzene rings is 1. The van der Waals surface area contributed by atoms with E-state index in [1.54, 1.807) is 0 Å². The zero-order valence-corrected chi connectivity index (χ0v) is 22.0. The van der Waals surface area contributed by atoms with Gasteiger partial charge in [-0.2, -0.15) is 18.2 Å². The number of carboxylic acids is 1. The summed E-state index contributed by atoms with van der Waals surface area (Å²) in [6.45, 7) is -0.0563. The Balaban J connectivity index is 1.79. The summed E-state index contributed by atoms with van der Waals surface area (Å²) in [7, 11) is -1.18. The van der Waals surface area contributed by atoms with E-state index in [9.17, 15) is 31.7 Å². The summed E-state index contributed by atoms with van der Waals surface area (Å²) < 4.78 is 70.9. The van der Waals surface area contributed by atoms with E-state index < -0.39 is 39.9 Å². The second-order valence-electron chi connectivity index (χ2n) is 8.17. The van der Waals surface area contributed by atoms with Gasteiger partial charge in [0.2, 0.25) is 5.88 Å². The van der Waals surface area contributed by atoms with Crippen LogP contribution < -0.4 is 19.7 Å². The molecule has 0 bridgehead atoms. The SMILES string of the molecule is CS(=O)CCOc1ncc(-c2cnc(Nc3ccc(F)c(Cl)c3)nc2-[n+]2ccc(C(F)(F)F)cc2)cc1C(=O)[O-]. The predicted octanol–water partition coefficient (Wildman–Crippen LogP) is 3.49. The monoisotopic (exact) mass is 595 g/mol. The molecule has 1 unspecified atom stereocenters. The molecule has 40 heavy (non-hydrogen) atoms. The fraction of sp³-hybridized carbons (Fsp3) is 0.160. The van der Waals surface area contributed by atoms with Gasteiger partial charge in [0.1, 0.15) is 12.4 Å². The molecule has 1 aromatic carbocycles. The minimum absolute atomic E-state index is 0.0190. The van der Waals surface area contributed by atoms with Crippen LogP contribution in [-0.4, -0.2) is 43.7 Å². The third-order valence-corrected chi connectivity index (χ3v) is 6.37. The highest BCUT2D eigenvalue weighted by Crippen LogP contribution is 2.30. The van der Waals surface area contributed by atoms with Crippen LogP contribution in [0.15, 0.2) is 61.2 Å². The second-order valence-corrected chi connectivity index (χ2v) is 10.1. The molecule has 4 rings (SSSR count). The standard InChI is InChI=1S/C25H18ClF4N5O4S/c1-40(38)9-8-39-22-17(23(36)37)10-14(12-31-22)18-13-32-24(33-16-2-3-20(27)19(26)11-16)34-21(18)35-6-4-15(5-7-35)25(28,29)30/h2-7,10-13H,8-9H2,1H3,(H-,32,33,34,36,37). The average Bonchev–Trinajstić information content (AvgIpc) is 2.90. The Morgan fingerprint density at radius 2 is 1.88 bits per heavy atom. The number of carbonyl (C=O) groups excluding carboxylic acids is 1. The van der Waals surface area contributed by atoms with E-state index in [0.717, 1.165) is 30.6 Å². The number of carboxylic acid groups (broad SMARTS) is 1. The van der Waals surface area contributed by atoms with E-state index in [1.165, 1.54) is 41.4 Å². The normalized spacial score (nSPS) is 12.2. The molecular weight excluding hydrogens is 578 g/mol. The molecule has 15 heteroatoms. The second kappa shape index (κ2) is 11.9. The van der Waals surface area contributed by atoms with Crippen molar-refractivity contribution in [2.24, 2.45) is 0 Å².